The molecule has 1 aromatic heterocycles. The molecule has 0 saturated heterocycles. The fourth-order valence-corrected chi connectivity index (χ4v) is 4.04. The van der Waals surface area contributed by atoms with E-state index in [1.54, 1.807) is 12.4 Å². The number of amides is 1. The maximum atomic E-state index is 13.1. The second-order valence-corrected chi connectivity index (χ2v) is 8.33. The van der Waals surface area contributed by atoms with E-state index in [9.17, 15) is 10.1 Å². The van der Waals surface area contributed by atoms with E-state index in [4.69, 9.17) is 4.74 Å². The van der Waals surface area contributed by atoms with Crippen LogP contribution in [0.5, 0.6) is 11.5 Å². The van der Waals surface area contributed by atoms with Crippen molar-refractivity contribution in [2.45, 2.75) is 26.1 Å². The number of benzene rings is 3. The smallest absolute Gasteiger partial charge is 0.241 e. The van der Waals surface area contributed by atoms with Gasteiger partial charge in [0, 0.05) is 30.4 Å². The summed E-state index contributed by atoms with van der Waals surface area (Å²) in [6.07, 6.45) is 3.59. The molecule has 164 valence electrons. The highest BCUT2D eigenvalue weighted by molar-refractivity contribution is 6.04. The van der Waals surface area contributed by atoms with Crippen LogP contribution in [0.2, 0.25) is 0 Å². The molecule has 1 aliphatic rings. The molecular formula is C26H23N5O2. The maximum absolute atomic E-state index is 13.1. The molecule has 4 bridgehead atoms. The zero-order valence-corrected chi connectivity index (χ0v) is 18.4. The number of imidazole rings is 1. The van der Waals surface area contributed by atoms with Gasteiger partial charge in [0.2, 0.25) is 5.91 Å². The normalized spacial score (nSPS) is 16.6. The number of nitriles is 1. The van der Waals surface area contributed by atoms with Crippen molar-refractivity contribution in [3.05, 3.63) is 83.9 Å². The molecule has 0 spiro atoms. The lowest BCUT2D eigenvalue weighted by Crippen LogP contribution is -2.39. The van der Waals surface area contributed by atoms with E-state index in [0.29, 0.717) is 30.2 Å². The monoisotopic (exact) mass is 437 g/mol. The summed E-state index contributed by atoms with van der Waals surface area (Å²) in [7, 11) is 1.93. The largest absolute Gasteiger partial charge is 0.456 e. The minimum absolute atomic E-state index is 0.0912. The Morgan fingerprint density at radius 3 is 2.88 bits per heavy atom. The molecule has 0 radical (unpaired) electrons. The van der Waals surface area contributed by atoms with Crippen LogP contribution in [0, 0.1) is 11.3 Å². The van der Waals surface area contributed by atoms with Gasteiger partial charge in [0.25, 0.3) is 0 Å². The average Bonchev–Trinajstić information content (AvgIpc) is 3.24. The van der Waals surface area contributed by atoms with Crippen LogP contribution < -0.4 is 10.1 Å². The Kier molecular flexibility index (Phi) is 5.29. The van der Waals surface area contributed by atoms with Crippen LogP contribution in [0.3, 0.4) is 0 Å². The molecule has 1 aliphatic heterocycles. The van der Waals surface area contributed by atoms with E-state index in [-0.39, 0.29) is 11.9 Å². The first kappa shape index (κ1) is 20.7. The molecule has 5 rings (SSSR count). The van der Waals surface area contributed by atoms with Gasteiger partial charge in [0.05, 0.1) is 23.6 Å². The van der Waals surface area contributed by atoms with E-state index >= 15 is 0 Å². The van der Waals surface area contributed by atoms with Gasteiger partial charge in [-0.1, -0.05) is 24.3 Å². The number of likely N-dealkylation sites (N-methyl/N-ethyl adjacent to an activating group) is 1. The van der Waals surface area contributed by atoms with E-state index in [1.807, 2.05) is 78.2 Å². The van der Waals surface area contributed by atoms with Crippen molar-refractivity contribution in [2.24, 2.45) is 0 Å². The van der Waals surface area contributed by atoms with Gasteiger partial charge in [0.15, 0.2) is 0 Å². The Balaban J connectivity index is 1.65. The van der Waals surface area contributed by atoms with Crippen LogP contribution in [0.25, 0.3) is 10.8 Å². The second-order valence-electron chi connectivity index (χ2n) is 8.33. The van der Waals surface area contributed by atoms with Crippen LogP contribution in [0.4, 0.5) is 5.69 Å². The second kappa shape index (κ2) is 8.41. The summed E-state index contributed by atoms with van der Waals surface area (Å²) in [5.74, 6) is 1.00. The van der Waals surface area contributed by atoms with Crippen LogP contribution in [-0.4, -0.2) is 33.4 Å². The fourth-order valence-electron chi connectivity index (χ4n) is 4.04. The first-order valence-electron chi connectivity index (χ1n) is 10.8. The molecule has 33 heavy (non-hydrogen) atoms. The first-order valence-corrected chi connectivity index (χ1v) is 10.8. The number of carbonyl (C=O) groups is 1. The summed E-state index contributed by atoms with van der Waals surface area (Å²) in [4.78, 5) is 19.4. The highest BCUT2D eigenvalue weighted by atomic mass is 16.5. The molecule has 3 aromatic carbocycles. The Morgan fingerprint density at radius 1 is 1.15 bits per heavy atom. The van der Waals surface area contributed by atoms with E-state index in [1.165, 1.54) is 0 Å². The standard InChI is InChI=1S/C26H23N5O2/c1-17-26(32)29-24-5-3-4-19-8-9-22(11-23(19)24)33-25-10-18(6-7-20(25)12-27)14-31-16-28-13-21(31)15-30(17)2/h3-11,13,16-17H,14-15H2,1-2H3,(H,29,32)/t17-/m1/s1. The van der Waals surface area contributed by atoms with Crippen molar-refractivity contribution < 1.29 is 9.53 Å². The lowest BCUT2D eigenvalue weighted by molar-refractivity contribution is -0.120. The van der Waals surface area contributed by atoms with Crippen LogP contribution in [-0.2, 0) is 17.9 Å². The van der Waals surface area contributed by atoms with Gasteiger partial charge < -0.3 is 14.6 Å². The summed E-state index contributed by atoms with van der Waals surface area (Å²) in [5, 5.41) is 14.5. The van der Waals surface area contributed by atoms with Gasteiger partial charge in [0.1, 0.15) is 17.6 Å². The molecule has 0 unspecified atom stereocenters. The molecule has 1 N–H and O–H groups in total. The SMILES string of the molecule is C[C@@H]1C(=O)Nc2cccc3ccc(cc23)Oc2cc(ccc2C#N)Cn2cncc2CN1C. The lowest BCUT2D eigenvalue weighted by atomic mass is 10.1. The van der Waals surface area contributed by atoms with Crippen molar-refractivity contribution in [1.82, 2.24) is 14.5 Å². The van der Waals surface area contributed by atoms with Crippen LogP contribution >= 0.6 is 0 Å². The third-order valence-corrected chi connectivity index (χ3v) is 6.11. The lowest BCUT2D eigenvalue weighted by Gasteiger charge is -2.25. The number of anilines is 1. The van der Waals surface area contributed by atoms with Gasteiger partial charge in [-0.3, -0.25) is 9.69 Å². The van der Waals surface area contributed by atoms with Gasteiger partial charge in [-0.25, -0.2) is 4.98 Å². The van der Waals surface area contributed by atoms with E-state index < -0.39 is 0 Å². The summed E-state index contributed by atoms with van der Waals surface area (Å²) >= 11 is 0. The summed E-state index contributed by atoms with van der Waals surface area (Å²) in [5.41, 5.74) is 3.16. The fraction of sp³-hybridized carbons (Fsp3) is 0.192. The molecule has 0 fully saturated rings. The molecule has 4 aromatic rings. The van der Waals surface area contributed by atoms with Gasteiger partial charge >= 0.3 is 0 Å². The van der Waals surface area contributed by atoms with Crippen molar-refractivity contribution in [3.63, 3.8) is 0 Å². The number of ether oxygens (including phenoxy) is 1. The Morgan fingerprint density at radius 2 is 2.03 bits per heavy atom. The topological polar surface area (TPSA) is 83.2 Å². The Labute approximate surface area is 191 Å². The number of rotatable bonds is 0. The summed E-state index contributed by atoms with van der Waals surface area (Å²) in [6, 6.07) is 19.0. The summed E-state index contributed by atoms with van der Waals surface area (Å²) < 4.78 is 8.21. The summed E-state index contributed by atoms with van der Waals surface area (Å²) in [6.45, 7) is 3.04. The quantitative estimate of drug-likeness (QED) is 0.437. The number of nitrogens with zero attached hydrogens (tertiary/aromatic N) is 4. The molecule has 7 heteroatoms. The van der Waals surface area contributed by atoms with Crippen LogP contribution in [0.1, 0.15) is 23.7 Å². The van der Waals surface area contributed by atoms with Gasteiger partial charge in [-0.2, -0.15) is 5.26 Å². The predicted octanol–water partition coefficient (Wildman–Crippen LogP) is 4.52. The molecule has 1 atom stereocenters. The third kappa shape index (κ3) is 4.04. The minimum atomic E-state index is -0.350. The number of carbonyl (C=O) groups excluding carboxylic acids is 1. The Bertz CT molecular complexity index is 1400. The number of aromatic nitrogens is 2. The zero-order valence-electron chi connectivity index (χ0n) is 18.4. The highest BCUT2D eigenvalue weighted by Crippen LogP contribution is 2.32. The van der Waals surface area contributed by atoms with Crippen molar-refractivity contribution in [2.75, 3.05) is 12.4 Å². The average molecular weight is 438 g/mol. The third-order valence-electron chi connectivity index (χ3n) is 6.11. The van der Waals surface area contributed by atoms with E-state index in [0.717, 1.165) is 27.7 Å². The minimum Gasteiger partial charge on any atom is -0.456 e. The number of fused-ring (bicyclic) bond motifs is 4. The van der Waals surface area contributed by atoms with Crippen LogP contribution in [0.15, 0.2) is 67.1 Å². The molecular weight excluding hydrogens is 414 g/mol. The zero-order chi connectivity index (χ0) is 22.9. The number of nitrogens with one attached hydrogen (secondary N) is 1. The van der Waals surface area contributed by atoms with Crippen molar-refractivity contribution in [1.29, 1.82) is 5.26 Å². The molecule has 0 aliphatic carbocycles. The highest BCUT2D eigenvalue weighted by Gasteiger charge is 2.21. The predicted molar refractivity (Wildman–Crippen MR) is 126 cm³/mol. The van der Waals surface area contributed by atoms with E-state index in [2.05, 4.69) is 16.4 Å². The van der Waals surface area contributed by atoms with Gasteiger partial charge in [-0.15, -0.1) is 0 Å². The maximum Gasteiger partial charge on any atom is 0.241 e. The van der Waals surface area contributed by atoms with Crippen molar-refractivity contribution in [3.8, 4) is 17.6 Å². The molecule has 0 saturated carbocycles. The first-order chi connectivity index (χ1) is 16.0. The Hall–Kier alpha value is -4.15. The molecule has 7 nitrogen and oxygen atoms in total. The number of hydrogen-bond donors (Lipinski definition) is 1. The molecule has 2 heterocycles. The molecule has 1 amide bonds. The van der Waals surface area contributed by atoms with Gasteiger partial charge in [-0.05, 0) is 55.3 Å². The number of hydrogen-bond acceptors (Lipinski definition) is 5. The van der Waals surface area contributed by atoms with Crippen molar-refractivity contribution >= 4 is 22.4 Å².